The predicted octanol–water partition coefficient (Wildman–Crippen LogP) is 3.30. The molecule has 0 aromatic rings. The summed E-state index contributed by atoms with van der Waals surface area (Å²) in [5.41, 5.74) is 0.387. The maximum atomic E-state index is 3.43. The summed E-state index contributed by atoms with van der Waals surface area (Å²) in [5, 5.41) is 3.43. The third-order valence-electron chi connectivity index (χ3n) is 3.83. The Bertz CT molecular complexity index is 130. The van der Waals surface area contributed by atoms with Gasteiger partial charge < -0.3 is 5.32 Å². The molecule has 0 saturated heterocycles. The molecule has 0 saturated carbocycles. The van der Waals surface area contributed by atoms with E-state index in [-0.39, 0.29) is 0 Å². The predicted molar refractivity (Wildman–Crippen MR) is 60.9 cm³/mol. The Labute approximate surface area is 84.3 Å². The summed E-state index contributed by atoms with van der Waals surface area (Å²) in [7, 11) is 2.07. The van der Waals surface area contributed by atoms with Crippen molar-refractivity contribution in [3.05, 3.63) is 0 Å². The molecule has 1 N–H and O–H groups in total. The molecule has 0 aliphatic carbocycles. The first kappa shape index (κ1) is 13.0. The van der Waals surface area contributed by atoms with Crippen LogP contribution in [-0.2, 0) is 0 Å². The molecule has 0 amide bonds. The largest absolute Gasteiger partial charge is 0.316 e. The molecule has 0 radical (unpaired) electrons. The molecule has 0 heterocycles. The van der Waals surface area contributed by atoms with Gasteiger partial charge in [-0.15, -0.1) is 0 Å². The van der Waals surface area contributed by atoms with Crippen molar-refractivity contribution in [2.45, 2.75) is 54.0 Å². The van der Waals surface area contributed by atoms with Gasteiger partial charge in [-0.1, -0.05) is 41.5 Å². The molecular formula is C12H27N. The molecule has 0 bridgehead atoms. The molecule has 0 fully saturated rings. The maximum absolute atomic E-state index is 3.43. The van der Waals surface area contributed by atoms with E-state index in [1.54, 1.807) is 0 Å². The van der Waals surface area contributed by atoms with Crippen LogP contribution in [0.15, 0.2) is 0 Å². The van der Waals surface area contributed by atoms with Crippen LogP contribution in [0.1, 0.15) is 48.0 Å². The number of hydrogen-bond donors (Lipinski definition) is 1. The van der Waals surface area contributed by atoms with E-state index in [1.807, 2.05) is 0 Å². The topological polar surface area (TPSA) is 12.0 Å². The van der Waals surface area contributed by atoms with Crippen LogP contribution in [0.2, 0.25) is 0 Å². The minimum absolute atomic E-state index is 0.387. The monoisotopic (exact) mass is 185 g/mol. The van der Waals surface area contributed by atoms with Crippen LogP contribution in [0.5, 0.6) is 0 Å². The van der Waals surface area contributed by atoms with E-state index in [0.717, 1.165) is 11.8 Å². The van der Waals surface area contributed by atoms with Crippen LogP contribution in [0.4, 0.5) is 0 Å². The minimum atomic E-state index is 0.387. The summed E-state index contributed by atoms with van der Waals surface area (Å²) >= 11 is 0. The van der Waals surface area contributed by atoms with E-state index in [9.17, 15) is 0 Å². The molecule has 0 rings (SSSR count). The molecule has 1 nitrogen and oxygen atoms in total. The third kappa shape index (κ3) is 2.98. The van der Waals surface area contributed by atoms with E-state index in [1.165, 1.54) is 6.42 Å². The quantitative estimate of drug-likeness (QED) is 0.693. The van der Waals surface area contributed by atoms with E-state index in [4.69, 9.17) is 0 Å². The fraction of sp³-hybridized carbons (Fsp3) is 1.00. The van der Waals surface area contributed by atoms with Crippen LogP contribution in [0, 0.1) is 17.3 Å². The van der Waals surface area contributed by atoms with Gasteiger partial charge in [0, 0.05) is 6.04 Å². The van der Waals surface area contributed by atoms with Crippen molar-refractivity contribution in [2.24, 2.45) is 17.3 Å². The van der Waals surface area contributed by atoms with Gasteiger partial charge in [-0.3, -0.25) is 0 Å². The zero-order chi connectivity index (χ0) is 10.6. The average molecular weight is 185 g/mol. The lowest BCUT2D eigenvalue weighted by molar-refractivity contribution is 0.117. The van der Waals surface area contributed by atoms with Crippen molar-refractivity contribution in [3.63, 3.8) is 0 Å². The second-order valence-corrected chi connectivity index (χ2v) is 5.10. The van der Waals surface area contributed by atoms with Gasteiger partial charge in [-0.25, -0.2) is 0 Å². The summed E-state index contributed by atoms with van der Waals surface area (Å²) < 4.78 is 0. The summed E-state index contributed by atoms with van der Waals surface area (Å²) in [5.74, 6) is 1.52. The molecule has 2 unspecified atom stereocenters. The maximum Gasteiger partial charge on any atom is 0.0115 e. The fourth-order valence-corrected chi connectivity index (χ4v) is 2.28. The average Bonchev–Trinajstić information content (AvgIpc) is 2.04. The summed E-state index contributed by atoms with van der Waals surface area (Å²) in [4.78, 5) is 0. The molecule has 0 aliphatic rings. The molecular weight excluding hydrogens is 158 g/mol. The standard InChI is InChI=1S/C12H27N/c1-8-11(13-7)12(5,6)10(4)9(2)3/h9-11,13H,8H2,1-7H3. The lowest BCUT2D eigenvalue weighted by Gasteiger charge is -2.41. The first-order valence-electron chi connectivity index (χ1n) is 5.55. The van der Waals surface area contributed by atoms with Gasteiger partial charge in [0.2, 0.25) is 0 Å². The highest BCUT2D eigenvalue weighted by molar-refractivity contribution is 4.87. The van der Waals surface area contributed by atoms with Crippen LogP contribution >= 0.6 is 0 Å². The van der Waals surface area contributed by atoms with Crippen molar-refractivity contribution in [2.75, 3.05) is 7.05 Å². The SMILES string of the molecule is CCC(NC)C(C)(C)C(C)C(C)C. The molecule has 0 aromatic carbocycles. The van der Waals surface area contributed by atoms with E-state index in [2.05, 4.69) is 53.9 Å². The van der Waals surface area contributed by atoms with Crippen LogP contribution < -0.4 is 5.32 Å². The Balaban J connectivity index is 4.51. The summed E-state index contributed by atoms with van der Waals surface area (Å²) in [6.07, 6.45) is 1.21. The van der Waals surface area contributed by atoms with Crippen LogP contribution in [-0.4, -0.2) is 13.1 Å². The Morgan fingerprint density at radius 2 is 1.62 bits per heavy atom. The molecule has 0 aliphatic heterocycles. The van der Waals surface area contributed by atoms with E-state index < -0.39 is 0 Å². The Hall–Kier alpha value is -0.0400. The van der Waals surface area contributed by atoms with Gasteiger partial charge in [-0.05, 0) is 30.7 Å². The molecule has 0 spiro atoms. The fourth-order valence-electron chi connectivity index (χ4n) is 2.28. The van der Waals surface area contributed by atoms with E-state index >= 15 is 0 Å². The van der Waals surface area contributed by atoms with Crippen molar-refractivity contribution in [1.29, 1.82) is 0 Å². The van der Waals surface area contributed by atoms with Crippen molar-refractivity contribution in [3.8, 4) is 0 Å². The smallest absolute Gasteiger partial charge is 0.0115 e. The molecule has 0 aromatic heterocycles. The van der Waals surface area contributed by atoms with Crippen LogP contribution in [0.25, 0.3) is 0 Å². The van der Waals surface area contributed by atoms with Crippen LogP contribution in [0.3, 0.4) is 0 Å². The van der Waals surface area contributed by atoms with Gasteiger partial charge in [0.05, 0.1) is 0 Å². The number of nitrogens with one attached hydrogen (secondary N) is 1. The van der Waals surface area contributed by atoms with Gasteiger partial charge in [0.15, 0.2) is 0 Å². The van der Waals surface area contributed by atoms with Gasteiger partial charge >= 0.3 is 0 Å². The first-order chi connectivity index (χ1) is 5.87. The molecule has 80 valence electrons. The molecule has 1 heteroatoms. The zero-order valence-electron chi connectivity index (χ0n) is 10.4. The van der Waals surface area contributed by atoms with Crippen molar-refractivity contribution < 1.29 is 0 Å². The zero-order valence-corrected chi connectivity index (χ0v) is 10.4. The second-order valence-electron chi connectivity index (χ2n) is 5.10. The van der Waals surface area contributed by atoms with Gasteiger partial charge in [-0.2, -0.15) is 0 Å². The van der Waals surface area contributed by atoms with Gasteiger partial charge in [0.1, 0.15) is 0 Å². The highest BCUT2D eigenvalue weighted by Gasteiger charge is 2.34. The van der Waals surface area contributed by atoms with Crippen molar-refractivity contribution in [1.82, 2.24) is 5.32 Å². The van der Waals surface area contributed by atoms with Gasteiger partial charge in [0.25, 0.3) is 0 Å². The Morgan fingerprint density at radius 3 is 1.85 bits per heavy atom. The first-order valence-corrected chi connectivity index (χ1v) is 5.55. The number of rotatable bonds is 5. The summed E-state index contributed by atoms with van der Waals surface area (Å²) in [6.45, 7) is 14.0. The Kier molecular flexibility index (Phi) is 4.98. The normalized spacial score (nSPS) is 17.5. The Morgan fingerprint density at radius 1 is 1.15 bits per heavy atom. The van der Waals surface area contributed by atoms with Crippen molar-refractivity contribution >= 4 is 0 Å². The lowest BCUT2D eigenvalue weighted by atomic mass is 9.68. The number of hydrogen-bond acceptors (Lipinski definition) is 1. The highest BCUT2D eigenvalue weighted by Crippen LogP contribution is 2.36. The van der Waals surface area contributed by atoms with E-state index in [0.29, 0.717) is 11.5 Å². The minimum Gasteiger partial charge on any atom is -0.316 e. The lowest BCUT2D eigenvalue weighted by Crippen LogP contribution is -2.44. The molecule has 2 atom stereocenters. The third-order valence-corrected chi connectivity index (χ3v) is 3.83. The highest BCUT2D eigenvalue weighted by atomic mass is 14.9. The summed E-state index contributed by atoms with van der Waals surface area (Å²) in [6, 6.07) is 0.630. The molecule has 13 heavy (non-hydrogen) atoms. The second kappa shape index (κ2) is 4.99.